The number of carbonyl (C=O) groups is 1. The normalized spacial score (nSPS) is 11.0. The van der Waals surface area contributed by atoms with E-state index < -0.39 is 15.9 Å². The molecular weight excluding hydrogens is 368 g/mol. The molecule has 0 bridgehead atoms. The van der Waals surface area contributed by atoms with Gasteiger partial charge in [-0.05, 0) is 49.2 Å². The Labute approximate surface area is 160 Å². The van der Waals surface area contributed by atoms with E-state index in [-0.39, 0.29) is 6.54 Å². The quantitative estimate of drug-likeness (QED) is 0.783. The van der Waals surface area contributed by atoms with Gasteiger partial charge in [0.05, 0.1) is 26.2 Å². The van der Waals surface area contributed by atoms with Crippen LogP contribution in [-0.4, -0.2) is 41.3 Å². The minimum atomic E-state index is -3.63. The molecule has 0 saturated heterocycles. The summed E-state index contributed by atoms with van der Waals surface area (Å²) in [7, 11) is -0.622. The highest BCUT2D eigenvalue weighted by atomic mass is 32.2. The van der Waals surface area contributed by atoms with E-state index in [1.54, 1.807) is 30.3 Å². The lowest BCUT2D eigenvalue weighted by molar-refractivity contribution is -0.114. The van der Waals surface area contributed by atoms with Crippen molar-refractivity contribution in [2.75, 3.05) is 36.6 Å². The number of rotatable bonds is 7. The smallest absolute Gasteiger partial charge is 0.245 e. The van der Waals surface area contributed by atoms with Crippen molar-refractivity contribution in [1.82, 2.24) is 0 Å². The van der Waals surface area contributed by atoms with Crippen LogP contribution in [-0.2, 0) is 14.8 Å². The number of nitrogens with zero attached hydrogens (tertiary/aromatic N) is 1. The van der Waals surface area contributed by atoms with Crippen LogP contribution in [0.4, 0.5) is 11.4 Å². The van der Waals surface area contributed by atoms with Crippen molar-refractivity contribution in [1.29, 1.82) is 0 Å². The van der Waals surface area contributed by atoms with Gasteiger partial charge in [0.2, 0.25) is 15.9 Å². The Kier molecular flexibility index (Phi) is 6.32. The summed E-state index contributed by atoms with van der Waals surface area (Å²) in [5, 5.41) is 2.69. The van der Waals surface area contributed by atoms with E-state index in [0.717, 1.165) is 21.7 Å². The lowest BCUT2D eigenvalue weighted by atomic mass is 10.1. The predicted octanol–water partition coefficient (Wildman–Crippen LogP) is 2.73. The SMILES string of the molecule is COc1ccc(NC(=O)CN(c2cc(C)cc(C)c2)S(C)(=O)=O)cc1OC. The molecule has 7 nitrogen and oxygen atoms in total. The van der Waals surface area contributed by atoms with Crippen molar-refractivity contribution < 1.29 is 22.7 Å². The highest BCUT2D eigenvalue weighted by Gasteiger charge is 2.21. The van der Waals surface area contributed by atoms with Gasteiger partial charge in [0.1, 0.15) is 6.54 Å². The van der Waals surface area contributed by atoms with Gasteiger partial charge in [0.25, 0.3) is 0 Å². The van der Waals surface area contributed by atoms with Crippen LogP contribution in [0.5, 0.6) is 11.5 Å². The number of benzene rings is 2. The maximum atomic E-state index is 12.5. The number of anilines is 2. The Morgan fingerprint density at radius 3 is 2.11 bits per heavy atom. The summed E-state index contributed by atoms with van der Waals surface area (Å²) in [6.45, 7) is 3.41. The molecule has 0 aliphatic rings. The van der Waals surface area contributed by atoms with Crippen LogP contribution < -0.4 is 19.1 Å². The first-order valence-corrected chi connectivity index (χ1v) is 10.1. The number of ether oxygens (including phenoxy) is 2. The van der Waals surface area contributed by atoms with Crippen LogP contribution in [0.2, 0.25) is 0 Å². The first-order valence-electron chi connectivity index (χ1n) is 8.22. The Bertz CT molecular complexity index is 921. The molecule has 1 amide bonds. The van der Waals surface area contributed by atoms with E-state index in [4.69, 9.17) is 9.47 Å². The van der Waals surface area contributed by atoms with Crippen molar-refractivity contribution in [2.24, 2.45) is 0 Å². The largest absolute Gasteiger partial charge is 0.493 e. The predicted molar refractivity (Wildman–Crippen MR) is 106 cm³/mol. The summed E-state index contributed by atoms with van der Waals surface area (Å²) in [4.78, 5) is 12.5. The molecule has 0 atom stereocenters. The van der Waals surface area contributed by atoms with Crippen molar-refractivity contribution in [3.63, 3.8) is 0 Å². The fourth-order valence-corrected chi connectivity index (χ4v) is 3.58. The highest BCUT2D eigenvalue weighted by molar-refractivity contribution is 7.92. The second-order valence-corrected chi connectivity index (χ2v) is 8.14. The molecule has 146 valence electrons. The summed E-state index contributed by atoms with van der Waals surface area (Å²) < 4.78 is 35.9. The number of hydrogen-bond donors (Lipinski definition) is 1. The van der Waals surface area contributed by atoms with Crippen LogP contribution in [0.15, 0.2) is 36.4 Å². The molecule has 0 fully saturated rings. The standard InChI is InChI=1S/C19H24N2O5S/c1-13-8-14(2)10-16(9-13)21(27(5,23)24)12-19(22)20-15-6-7-17(25-3)18(11-15)26-4/h6-11H,12H2,1-5H3,(H,20,22). The maximum Gasteiger partial charge on any atom is 0.245 e. The Balaban J connectivity index is 2.24. The van der Waals surface area contributed by atoms with E-state index in [1.807, 2.05) is 19.9 Å². The molecule has 0 aliphatic heterocycles. The van der Waals surface area contributed by atoms with E-state index in [9.17, 15) is 13.2 Å². The van der Waals surface area contributed by atoms with Crippen LogP contribution in [0.25, 0.3) is 0 Å². The zero-order valence-electron chi connectivity index (χ0n) is 16.1. The number of sulfonamides is 1. The summed E-state index contributed by atoms with van der Waals surface area (Å²) in [6, 6.07) is 10.3. The first kappa shape index (κ1) is 20.6. The minimum Gasteiger partial charge on any atom is -0.493 e. The van der Waals surface area contributed by atoms with Gasteiger partial charge in [0.15, 0.2) is 11.5 Å². The average Bonchev–Trinajstić information content (AvgIpc) is 2.57. The molecule has 0 aromatic heterocycles. The molecule has 8 heteroatoms. The minimum absolute atomic E-state index is 0.337. The molecule has 2 aromatic rings. The molecule has 0 unspecified atom stereocenters. The fraction of sp³-hybridized carbons (Fsp3) is 0.316. The first-order chi connectivity index (χ1) is 12.6. The van der Waals surface area contributed by atoms with Crippen LogP contribution >= 0.6 is 0 Å². The molecule has 1 N–H and O–H groups in total. The van der Waals surface area contributed by atoms with Gasteiger partial charge >= 0.3 is 0 Å². The van der Waals surface area contributed by atoms with Gasteiger partial charge in [-0.15, -0.1) is 0 Å². The topological polar surface area (TPSA) is 84.9 Å². The van der Waals surface area contributed by atoms with Gasteiger partial charge < -0.3 is 14.8 Å². The number of aryl methyl sites for hydroxylation is 2. The number of methoxy groups -OCH3 is 2. The number of carbonyl (C=O) groups excluding carboxylic acids is 1. The second-order valence-electron chi connectivity index (χ2n) is 6.23. The summed E-state index contributed by atoms with van der Waals surface area (Å²) >= 11 is 0. The van der Waals surface area contributed by atoms with Gasteiger partial charge in [0, 0.05) is 11.8 Å². The molecular formula is C19H24N2O5S. The van der Waals surface area contributed by atoms with Crippen LogP contribution in [0, 0.1) is 13.8 Å². The maximum absolute atomic E-state index is 12.5. The highest BCUT2D eigenvalue weighted by Crippen LogP contribution is 2.30. The molecule has 0 radical (unpaired) electrons. The lowest BCUT2D eigenvalue weighted by Crippen LogP contribution is -2.37. The van der Waals surface area contributed by atoms with Crippen molar-refractivity contribution in [2.45, 2.75) is 13.8 Å². The van der Waals surface area contributed by atoms with Gasteiger partial charge in [-0.3, -0.25) is 9.10 Å². The number of amides is 1. The zero-order chi connectivity index (χ0) is 20.2. The van der Waals surface area contributed by atoms with Gasteiger partial charge in [-0.25, -0.2) is 8.42 Å². The summed E-state index contributed by atoms with van der Waals surface area (Å²) in [5.74, 6) is 0.528. The fourth-order valence-electron chi connectivity index (χ4n) is 2.74. The van der Waals surface area contributed by atoms with E-state index in [1.165, 1.54) is 14.2 Å². The Morgan fingerprint density at radius 1 is 1.00 bits per heavy atom. The third kappa shape index (κ3) is 5.37. The van der Waals surface area contributed by atoms with E-state index in [0.29, 0.717) is 22.9 Å². The molecule has 27 heavy (non-hydrogen) atoms. The molecule has 2 aromatic carbocycles. The average molecular weight is 392 g/mol. The summed E-state index contributed by atoms with van der Waals surface area (Å²) in [5.41, 5.74) is 2.77. The van der Waals surface area contributed by atoms with Crippen LogP contribution in [0.1, 0.15) is 11.1 Å². The van der Waals surface area contributed by atoms with E-state index >= 15 is 0 Å². The Hall–Kier alpha value is -2.74. The summed E-state index contributed by atoms with van der Waals surface area (Å²) in [6.07, 6.45) is 1.08. The van der Waals surface area contributed by atoms with Gasteiger partial charge in [-0.2, -0.15) is 0 Å². The van der Waals surface area contributed by atoms with Gasteiger partial charge in [-0.1, -0.05) is 6.07 Å². The number of nitrogens with one attached hydrogen (secondary N) is 1. The molecule has 2 rings (SSSR count). The lowest BCUT2D eigenvalue weighted by Gasteiger charge is -2.23. The molecule has 0 heterocycles. The van der Waals surface area contributed by atoms with E-state index in [2.05, 4.69) is 5.32 Å². The number of hydrogen-bond acceptors (Lipinski definition) is 5. The third-order valence-corrected chi connectivity index (χ3v) is 4.99. The van der Waals surface area contributed by atoms with Crippen molar-refractivity contribution in [3.8, 4) is 11.5 Å². The monoisotopic (exact) mass is 392 g/mol. The van der Waals surface area contributed by atoms with Crippen molar-refractivity contribution >= 4 is 27.3 Å². The second kappa shape index (κ2) is 8.30. The Morgan fingerprint density at radius 2 is 1.59 bits per heavy atom. The molecule has 0 saturated carbocycles. The van der Waals surface area contributed by atoms with Crippen LogP contribution in [0.3, 0.4) is 0 Å². The molecule has 0 spiro atoms. The van der Waals surface area contributed by atoms with Crippen molar-refractivity contribution in [3.05, 3.63) is 47.5 Å². The zero-order valence-corrected chi connectivity index (χ0v) is 16.9. The third-order valence-electron chi connectivity index (χ3n) is 3.85. The molecule has 0 aliphatic carbocycles.